The first-order valence-corrected chi connectivity index (χ1v) is 9.34. The molecular weight excluding hydrogens is 330 g/mol. The van der Waals surface area contributed by atoms with Gasteiger partial charge in [-0.15, -0.1) is 0 Å². The summed E-state index contributed by atoms with van der Waals surface area (Å²) in [5, 5.41) is 13.1. The van der Waals surface area contributed by atoms with Crippen LogP contribution in [0.2, 0.25) is 0 Å². The molecular formula is C16H19N3O4S. The Balaban J connectivity index is 1.71. The van der Waals surface area contributed by atoms with Crippen molar-refractivity contribution < 1.29 is 18.3 Å². The molecule has 2 heterocycles. The number of sulfonamides is 1. The molecule has 3 rings (SSSR count). The summed E-state index contributed by atoms with van der Waals surface area (Å²) >= 11 is 0. The van der Waals surface area contributed by atoms with Crippen molar-refractivity contribution >= 4 is 16.0 Å². The van der Waals surface area contributed by atoms with E-state index in [1.807, 2.05) is 18.2 Å². The molecule has 0 bridgehead atoms. The molecule has 0 unspecified atom stereocenters. The van der Waals surface area contributed by atoms with Gasteiger partial charge in [-0.2, -0.15) is 9.40 Å². The summed E-state index contributed by atoms with van der Waals surface area (Å²) < 4.78 is 28.5. The summed E-state index contributed by atoms with van der Waals surface area (Å²) in [5.41, 5.74) is 2.26. The van der Waals surface area contributed by atoms with E-state index in [4.69, 9.17) is 5.11 Å². The van der Waals surface area contributed by atoms with Gasteiger partial charge in [0.05, 0.1) is 36.7 Å². The number of rotatable bonds is 6. The van der Waals surface area contributed by atoms with Crippen LogP contribution < -0.4 is 0 Å². The molecule has 1 aliphatic heterocycles. The van der Waals surface area contributed by atoms with E-state index in [0.29, 0.717) is 25.2 Å². The van der Waals surface area contributed by atoms with Gasteiger partial charge in [0.1, 0.15) is 0 Å². The number of fused-ring (bicyclic) bond motifs is 1. The number of hydrogen-bond donors (Lipinski definition) is 1. The van der Waals surface area contributed by atoms with Gasteiger partial charge in [0.15, 0.2) is 0 Å². The van der Waals surface area contributed by atoms with Crippen molar-refractivity contribution in [3.8, 4) is 0 Å². The molecule has 0 fully saturated rings. The van der Waals surface area contributed by atoms with Crippen LogP contribution in [0.25, 0.3) is 0 Å². The standard InChI is InChI=1S/C16H19N3O4S/c20-16(21)7-6-14-10-15-11-18(8-9-19(15)17-14)24(22,23)12-13-4-2-1-3-5-13/h1-5,10H,6-9,11-12H2,(H,20,21). The lowest BCUT2D eigenvalue weighted by Crippen LogP contribution is -2.39. The molecule has 0 saturated carbocycles. The minimum atomic E-state index is -3.40. The van der Waals surface area contributed by atoms with Crippen molar-refractivity contribution in [2.75, 3.05) is 6.54 Å². The molecule has 0 saturated heterocycles. The van der Waals surface area contributed by atoms with Crippen LogP contribution >= 0.6 is 0 Å². The van der Waals surface area contributed by atoms with Gasteiger partial charge in [-0.25, -0.2) is 8.42 Å². The highest BCUT2D eigenvalue weighted by molar-refractivity contribution is 7.88. The van der Waals surface area contributed by atoms with Gasteiger partial charge in [-0.05, 0) is 11.6 Å². The minimum absolute atomic E-state index is 0.0200. The van der Waals surface area contributed by atoms with E-state index in [9.17, 15) is 13.2 Å². The molecule has 0 radical (unpaired) electrons. The van der Waals surface area contributed by atoms with E-state index in [0.717, 1.165) is 11.3 Å². The summed E-state index contributed by atoms with van der Waals surface area (Å²) in [7, 11) is -3.40. The molecule has 1 aromatic carbocycles. The van der Waals surface area contributed by atoms with Crippen LogP contribution in [-0.2, 0) is 40.1 Å². The maximum Gasteiger partial charge on any atom is 0.303 e. The van der Waals surface area contributed by atoms with Crippen LogP contribution in [0, 0.1) is 0 Å². The summed E-state index contributed by atoms with van der Waals surface area (Å²) in [4.78, 5) is 10.7. The average molecular weight is 349 g/mol. The fourth-order valence-electron chi connectivity index (χ4n) is 2.77. The fraction of sp³-hybridized carbons (Fsp3) is 0.375. The highest BCUT2D eigenvalue weighted by atomic mass is 32.2. The molecule has 0 atom stereocenters. The molecule has 2 aromatic rings. The second-order valence-corrected chi connectivity index (χ2v) is 7.79. The minimum Gasteiger partial charge on any atom is -0.481 e. The first kappa shape index (κ1) is 16.7. The Morgan fingerprint density at radius 3 is 2.67 bits per heavy atom. The van der Waals surface area contributed by atoms with Crippen molar-refractivity contribution in [3.63, 3.8) is 0 Å². The third-order valence-electron chi connectivity index (χ3n) is 3.99. The normalized spacial score (nSPS) is 15.2. The van der Waals surface area contributed by atoms with Crippen LogP contribution in [0.15, 0.2) is 36.4 Å². The zero-order valence-corrected chi connectivity index (χ0v) is 13.9. The molecule has 0 spiro atoms. The van der Waals surface area contributed by atoms with E-state index in [-0.39, 0.29) is 18.7 Å². The molecule has 0 amide bonds. The van der Waals surface area contributed by atoms with Crippen molar-refractivity contribution in [3.05, 3.63) is 53.3 Å². The largest absolute Gasteiger partial charge is 0.481 e. The van der Waals surface area contributed by atoms with Gasteiger partial charge in [-0.3, -0.25) is 9.48 Å². The maximum atomic E-state index is 12.6. The number of aromatic nitrogens is 2. The van der Waals surface area contributed by atoms with Crippen LogP contribution in [0.4, 0.5) is 0 Å². The lowest BCUT2D eigenvalue weighted by Gasteiger charge is -2.27. The maximum absolute atomic E-state index is 12.6. The van der Waals surface area contributed by atoms with E-state index in [1.54, 1.807) is 22.9 Å². The molecule has 0 aliphatic carbocycles. The highest BCUT2D eigenvalue weighted by Gasteiger charge is 2.28. The molecule has 7 nitrogen and oxygen atoms in total. The van der Waals surface area contributed by atoms with Gasteiger partial charge < -0.3 is 5.11 Å². The van der Waals surface area contributed by atoms with Gasteiger partial charge >= 0.3 is 5.97 Å². The lowest BCUT2D eigenvalue weighted by atomic mass is 10.2. The van der Waals surface area contributed by atoms with E-state index in [2.05, 4.69) is 5.10 Å². The van der Waals surface area contributed by atoms with Crippen molar-refractivity contribution in [2.24, 2.45) is 0 Å². The second-order valence-electron chi connectivity index (χ2n) is 5.82. The van der Waals surface area contributed by atoms with Crippen molar-refractivity contribution in [1.29, 1.82) is 0 Å². The Labute approximate surface area is 140 Å². The van der Waals surface area contributed by atoms with Crippen molar-refractivity contribution in [1.82, 2.24) is 14.1 Å². The van der Waals surface area contributed by atoms with E-state index < -0.39 is 16.0 Å². The topological polar surface area (TPSA) is 92.5 Å². The molecule has 1 aromatic heterocycles. The third kappa shape index (κ3) is 3.82. The molecule has 1 N–H and O–H groups in total. The second kappa shape index (κ2) is 6.74. The quantitative estimate of drug-likeness (QED) is 0.847. The highest BCUT2D eigenvalue weighted by Crippen LogP contribution is 2.20. The van der Waals surface area contributed by atoms with E-state index >= 15 is 0 Å². The lowest BCUT2D eigenvalue weighted by molar-refractivity contribution is -0.136. The van der Waals surface area contributed by atoms with Crippen LogP contribution in [0.5, 0.6) is 0 Å². The number of nitrogens with zero attached hydrogens (tertiary/aromatic N) is 3. The number of carboxylic acid groups (broad SMARTS) is 1. The number of aryl methyl sites for hydroxylation is 1. The zero-order valence-electron chi connectivity index (χ0n) is 13.1. The monoisotopic (exact) mass is 349 g/mol. The first-order chi connectivity index (χ1) is 11.4. The SMILES string of the molecule is O=C(O)CCc1cc2n(n1)CCN(S(=O)(=O)Cc1ccccc1)C2. The first-order valence-electron chi connectivity index (χ1n) is 7.73. The number of carbonyl (C=O) groups is 1. The predicted molar refractivity (Wildman–Crippen MR) is 87.7 cm³/mol. The molecule has 128 valence electrons. The van der Waals surface area contributed by atoms with Gasteiger partial charge in [0.2, 0.25) is 10.0 Å². The van der Waals surface area contributed by atoms with Crippen LogP contribution in [0.3, 0.4) is 0 Å². The number of carboxylic acids is 1. The Morgan fingerprint density at radius 2 is 1.96 bits per heavy atom. The smallest absolute Gasteiger partial charge is 0.303 e. The Bertz CT molecular complexity index is 830. The summed E-state index contributed by atoms with van der Waals surface area (Å²) in [6, 6.07) is 10.9. The Morgan fingerprint density at radius 1 is 1.21 bits per heavy atom. The Hall–Kier alpha value is -2.19. The third-order valence-corrected chi connectivity index (χ3v) is 5.79. The molecule has 24 heavy (non-hydrogen) atoms. The fourth-order valence-corrected chi connectivity index (χ4v) is 4.26. The number of aliphatic carboxylic acids is 1. The summed E-state index contributed by atoms with van der Waals surface area (Å²) in [5.74, 6) is -0.888. The van der Waals surface area contributed by atoms with Crippen molar-refractivity contribution in [2.45, 2.75) is 31.7 Å². The molecule has 1 aliphatic rings. The van der Waals surface area contributed by atoms with E-state index in [1.165, 1.54) is 4.31 Å². The van der Waals surface area contributed by atoms with Crippen LogP contribution in [-0.4, -0.2) is 40.1 Å². The Kier molecular flexibility index (Phi) is 4.68. The zero-order chi connectivity index (χ0) is 17.2. The molecule has 8 heteroatoms. The number of hydrogen-bond acceptors (Lipinski definition) is 4. The van der Waals surface area contributed by atoms with Crippen LogP contribution in [0.1, 0.15) is 23.4 Å². The summed E-state index contributed by atoms with van der Waals surface area (Å²) in [6.45, 7) is 1.13. The predicted octanol–water partition coefficient (Wildman–Crippen LogP) is 1.25. The van der Waals surface area contributed by atoms with Gasteiger partial charge in [0, 0.05) is 13.0 Å². The summed E-state index contributed by atoms with van der Waals surface area (Å²) in [6.07, 6.45) is 0.374. The van der Waals surface area contributed by atoms with Gasteiger partial charge in [-0.1, -0.05) is 30.3 Å². The number of benzene rings is 1. The average Bonchev–Trinajstić information content (AvgIpc) is 2.95. The van der Waals surface area contributed by atoms with Gasteiger partial charge in [0.25, 0.3) is 0 Å².